The van der Waals surface area contributed by atoms with Crippen molar-refractivity contribution in [1.82, 2.24) is 9.97 Å². The van der Waals surface area contributed by atoms with Crippen LogP contribution in [0.5, 0.6) is 0 Å². The van der Waals surface area contributed by atoms with E-state index in [1.165, 1.54) is 24.3 Å². The number of anilines is 2. The SMILES string of the molecule is O=C(Nc1cccc(Cl)c1)c1cc(NC(=O)c2cnc(C(F)(F)C(F)(F)F)nc2C(F)(F)F)ccc1Cl. The van der Waals surface area contributed by atoms with Gasteiger partial charge in [0.1, 0.15) is 0 Å². The topological polar surface area (TPSA) is 84.0 Å². The van der Waals surface area contributed by atoms with Crippen LogP contribution in [0.1, 0.15) is 32.2 Å². The Labute approximate surface area is 211 Å². The molecule has 0 radical (unpaired) electrons. The zero-order chi connectivity index (χ0) is 27.8. The third-order valence-corrected chi connectivity index (χ3v) is 5.05. The van der Waals surface area contributed by atoms with Crippen molar-refractivity contribution in [3.8, 4) is 0 Å². The molecule has 0 aliphatic rings. The van der Waals surface area contributed by atoms with E-state index in [-0.39, 0.29) is 28.2 Å². The molecule has 3 rings (SSSR count). The van der Waals surface area contributed by atoms with E-state index < -0.39 is 47.2 Å². The summed E-state index contributed by atoms with van der Waals surface area (Å²) in [5, 5.41) is 4.61. The lowest BCUT2D eigenvalue weighted by Crippen LogP contribution is -2.36. The lowest BCUT2D eigenvalue weighted by Gasteiger charge is -2.20. The van der Waals surface area contributed by atoms with Crippen LogP contribution in [0.2, 0.25) is 10.0 Å². The van der Waals surface area contributed by atoms with Gasteiger partial charge in [-0.2, -0.15) is 35.1 Å². The molecule has 0 saturated heterocycles. The molecule has 0 aliphatic carbocycles. The largest absolute Gasteiger partial charge is 0.461 e. The normalized spacial score (nSPS) is 12.3. The molecule has 0 unspecified atom stereocenters. The quantitative estimate of drug-likeness (QED) is 0.324. The molecule has 3 aromatic rings. The molecule has 37 heavy (non-hydrogen) atoms. The third kappa shape index (κ3) is 6.25. The Bertz CT molecular complexity index is 1360. The molecule has 196 valence electrons. The standard InChI is InChI=1S/C21H10Cl2F8N4O2/c22-9-2-1-3-10(6-9)33-16(36)12-7-11(4-5-14(12)23)34-17(37)13-8-32-18(19(24,25)21(29,30)31)35-15(13)20(26,27)28/h1-8H,(H,33,36)(H,34,37). The molecule has 2 N–H and O–H groups in total. The molecule has 0 atom stereocenters. The number of rotatable bonds is 5. The summed E-state index contributed by atoms with van der Waals surface area (Å²) < 4.78 is 105. The Kier molecular flexibility index (Phi) is 7.65. The van der Waals surface area contributed by atoms with Crippen LogP contribution in [-0.2, 0) is 12.1 Å². The van der Waals surface area contributed by atoms with Crippen molar-refractivity contribution < 1.29 is 44.7 Å². The van der Waals surface area contributed by atoms with Gasteiger partial charge in [0.25, 0.3) is 11.8 Å². The van der Waals surface area contributed by atoms with E-state index in [4.69, 9.17) is 23.2 Å². The number of hydrogen-bond acceptors (Lipinski definition) is 4. The second-order valence-corrected chi connectivity index (χ2v) is 7.98. The Morgan fingerprint density at radius 1 is 0.784 bits per heavy atom. The van der Waals surface area contributed by atoms with Crippen LogP contribution in [0.3, 0.4) is 0 Å². The van der Waals surface area contributed by atoms with E-state index in [1.54, 1.807) is 0 Å². The Hall–Kier alpha value is -3.52. The molecule has 0 aliphatic heterocycles. The second kappa shape index (κ2) is 10.1. The van der Waals surface area contributed by atoms with Crippen LogP contribution >= 0.6 is 23.2 Å². The summed E-state index contributed by atoms with van der Waals surface area (Å²) in [5.74, 6) is -10.7. The zero-order valence-corrected chi connectivity index (χ0v) is 19.1. The van der Waals surface area contributed by atoms with Crippen molar-refractivity contribution in [2.45, 2.75) is 18.3 Å². The van der Waals surface area contributed by atoms with Gasteiger partial charge < -0.3 is 10.6 Å². The maximum absolute atomic E-state index is 13.5. The lowest BCUT2D eigenvalue weighted by molar-refractivity contribution is -0.292. The van der Waals surface area contributed by atoms with E-state index in [9.17, 15) is 44.7 Å². The Morgan fingerprint density at radius 3 is 1.95 bits per heavy atom. The second-order valence-electron chi connectivity index (χ2n) is 7.14. The highest BCUT2D eigenvalue weighted by atomic mass is 35.5. The molecule has 6 nitrogen and oxygen atoms in total. The Morgan fingerprint density at radius 2 is 1.38 bits per heavy atom. The highest BCUT2D eigenvalue weighted by molar-refractivity contribution is 6.34. The first kappa shape index (κ1) is 28.1. The molecular formula is C21H10Cl2F8N4O2. The van der Waals surface area contributed by atoms with Gasteiger partial charge in [0.15, 0.2) is 5.69 Å². The molecule has 1 heterocycles. The minimum atomic E-state index is -6.29. The number of aromatic nitrogens is 2. The first-order chi connectivity index (χ1) is 17.0. The third-order valence-electron chi connectivity index (χ3n) is 4.49. The number of carbonyl (C=O) groups excluding carboxylic acids is 2. The molecule has 1 aromatic heterocycles. The maximum atomic E-state index is 13.5. The van der Waals surface area contributed by atoms with E-state index in [0.29, 0.717) is 5.02 Å². The molecule has 2 amide bonds. The number of hydrogen-bond donors (Lipinski definition) is 2. The van der Waals surface area contributed by atoms with Crippen LogP contribution in [0.15, 0.2) is 48.7 Å². The van der Waals surface area contributed by atoms with Gasteiger partial charge in [0.05, 0.1) is 16.1 Å². The van der Waals surface area contributed by atoms with Crippen LogP contribution in [0, 0.1) is 0 Å². The average molecular weight is 573 g/mol. The van der Waals surface area contributed by atoms with Gasteiger partial charge in [-0.25, -0.2) is 9.97 Å². The fraction of sp³-hybridized carbons (Fsp3) is 0.143. The summed E-state index contributed by atoms with van der Waals surface area (Å²) in [5.41, 5.74) is -4.01. The predicted octanol–water partition coefficient (Wildman–Crippen LogP) is 6.96. The smallest absolute Gasteiger partial charge is 0.322 e. The monoisotopic (exact) mass is 572 g/mol. The van der Waals surface area contributed by atoms with Gasteiger partial charge in [0, 0.05) is 22.6 Å². The summed E-state index contributed by atoms with van der Waals surface area (Å²) in [6.45, 7) is 0. The first-order valence-electron chi connectivity index (χ1n) is 9.58. The summed E-state index contributed by atoms with van der Waals surface area (Å²) in [6.07, 6.45) is -12.0. The number of nitrogens with zero attached hydrogens (tertiary/aromatic N) is 2. The zero-order valence-electron chi connectivity index (χ0n) is 17.6. The lowest BCUT2D eigenvalue weighted by atomic mass is 10.1. The molecule has 0 spiro atoms. The minimum Gasteiger partial charge on any atom is -0.322 e. The molecular weight excluding hydrogens is 563 g/mol. The van der Waals surface area contributed by atoms with Crippen LogP contribution in [0.25, 0.3) is 0 Å². The van der Waals surface area contributed by atoms with E-state index in [1.807, 2.05) is 5.32 Å². The number of amides is 2. The van der Waals surface area contributed by atoms with Crippen molar-refractivity contribution in [2.75, 3.05) is 10.6 Å². The van der Waals surface area contributed by atoms with Gasteiger partial charge in [-0.1, -0.05) is 29.3 Å². The van der Waals surface area contributed by atoms with Crippen molar-refractivity contribution in [1.29, 1.82) is 0 Å². The predicted molar refractivity (Wildman–Crippen MR) is 116 cm³/mol. The van der Waals surface area contributed by atoms with Crippen molar-refractivity contribution in [3.63, 3.8) is 0 Å². The summed E-state index contributed by atoms with van der Waals surface area (Å²) in [7, 11) is 0. The number of halogens is 10. The number of nitrogens with one attached hydrogen (secondary N) is 2. The highest BCUT2D eigenvalue weighted by Gasteiger charge is 2.61. The van der Waals surface area contributed by atoms with Gasteiger partial charge >= 0.3 is 18.3 Å². The molecule has 16 heteroatoms. The van der Waals surface area contributed by atoms with Crippen LogP contribution < -0.4 is 10.6 Å². The Balaban J connectivity index is 1.92. The van der Waals surface area contributed by atoms with Gasteiger partial charge in [-0.05, 0) is 36.4 Å². The van der Waals surface area contributed by atoms with Crippen molar-refractivity contribution in [2.24, 2.45) is 0 Å². The number of alkyl halides is 8. The molecule has 0 fully saturated rings. The van der Waals surface area contributed by atoms with E-state index in [2.05, 4.69) is 15.3 Å². The molecule has 2 aromatic carbocycles. The average Bonchev–Trinajstić information content (AvgIpc) is 2.78. The van der Waals surface area contributed by atoms with Gasteiger partial charge in [0.2, 0.25) is 5.82 Å². The van der Waals surface area contributed by atoms with Crippen molar-refractivity contribution >= 4 is 46.4 Å². The van der Waals surface area contributed by atoms with Gasteiger partial charge in [-0.3, -0.25) is 9.59 Å². The first-order valence-corrected chi connectivity index (χ1v) is 10.3. The minimum absolute atomic E-state index is 0.108. The summed E-state index contributed by atoms with van der Waals surface area (Å²) in [6, 6.07) is 9.18. The summed E-state index contributed by atoms with van der Waals surface area (Å²) >= 11 is 11.8. The van der Waals surface area contributed by atoms with Crippen LogP contribution in [-0.4, -0.2) is 28.0 Å². The maximum Gasteiger partial charge on any atom is 0.461 e. The van der Waals surface area contributed by atoms with E-state index in [0.717, 1.165) is 18.2 Å². The molecule has 0 bridgehead atoms. The van der Waals surface area contributed by atoms with E-state index >= 15 is 0 Å². The van der Waals surface area contributed by atoms with Crippen LogP contribution in [0.4, 0.5) is 46.5 Å². The van der Waals surface area contributed by atoms with Crippen molar-refractivity contribution in [3.05, 3.63) is 81.4 Å². The van der Waals surface area contributed by atoms with Gasteiger partial charge in [-0.15, -0.1) is 0 Å². The fourth-order valence-electron chi connectivity index (χ4n) is 2.78. The molecule has 0 saturated carbocycles. The number of benzene rings is 2. The summed E-state index contributed by atoms with van der Waals surface area (Å²) in [4.78, 5) is 30.0. The fourth-order valence-corrected chi connectivity index (χ4v) is 3.18. The number of carbonyl (C=O) groups is 2. The highest BCUT2D eigenvalue weighted by Crippen LogP contribution is 2.43.